The van der Waals surface area contributed by atoms with Gasteiger partial charge in [-0.3, -0.25) is 14.5 Å². The molecule has 2 bridgehead atoms. The van der Waals surface area contributed by atoms with Gasteiger partial charge in [0.25, 0.3) is 0 Å². The molecule has 1 aromatic carbocycles. The minimum Gasteiger partial charge on any atom is -0.478 e. The number of fused-ring (bicyclic) bond motifs is 5. The van der Waals surface area contributed by atoms with Gasteiger partial charge in [0.05, 0.1) is 42.0 Å². The Bertz CT molecular complexity index is 871. The van der Waals surface area contributed by atoms with Crippen molar-refractivity contribution in [3.05, 3.63) is 23.8 Å². The third kappa shape index (κ3) is 2.80. The highest BCUT2D eigenvalue weighted by Gasteiger charge is 2.66. The first kappa shape index (κ1) is 19.5. The molecule has 6 atom stereocenters. The third-order valence-electron chi connectivity index (χ3n) is 6.81. The van der Waals surface area contributed by atoms with E-state index in [4.69, 9.17) is 4.74 Å². The molecule has 0 unspecified atom stereocenters. The molecule has 154 valence electrons. The van der Waals surface area contributed by atoms with E-state index in [1.165, 1.54) is 11.0 Å². The summed E-state index contributed by atoms with van der Waals surface area (Å²) in [6.07, 6.45) is 0.864. The second kappa shape index (κ2) is 7.06. The van der Waals surface area contributed by atoms with E-state index in [-0.39, 0.29) is 50.7 Å². The lowest BCUT2D eigenvalue weighted by molar-refractivity contribution is -0.123. The van der Waals surface area contributed by atoms with E-state index in [2.05, 4.69) is 31.9 Å². The van der Waals surface area contributed by atoms with Crippen molar-refractivity contribution in [1.82, 2.24) is 0 Å². The predicted octanol–water partition coefficient (Wildman–Crippen LogP) is 2.50. The number of ether oxygens (including phenoxy) is 1. The number of hydrogen-bond acceptors (Lipinski definition) is 5. The number of nitrogens with zero attached hydrogens (tertiary/aromatic N) is 2. The largest absolute Gasteiger partial charge is 0.478 e. The van der Waals surface area contributed by atoms with Crippen LogP contribution in [0.5, 0.6) is 0 Å². The second-order valence-electron chi connectivity index (χ2n) is 8.12. The first-order chi connectivity index (χ1) is 13.9. The zero-order valence-electron chi connectivity index (χ0n) is 15.5. The van der Waals surface area contributed by atoms with Gasteiger partial charge in [0.15, 0.2) is 0 Å². The van der Waals surface area contributed by atoms with Gasteiger partial charge >= 0.3 is 5.97 Å². The Morgan fingerprint density at radius 1 is 1.03 bits per heavy atom. The monoisotopic (exact) mass is 526 g/mol. The molecular formula is C20H20Br2N2O5. The number of carbonyl (C=O) groups is 3. The van der Waals surface area contributed by atoms with Gasteiger partial charge in [-0.15, -0.1) is 0 Å². The molecule has 29 heavy (non-hydrogen) atoms. The fraction of sp³-hybridized carbons (Fsp3) is 0.550. The lowest BCUT2D eigenvalue weighted by Gasteiger charge is -2.30. The van der Waals surface area contributed by atoms with E-state index < -0.39 is 5.97 Å². The van der Waals surface area contributed by atoms with E-state index in [1.54, 1.807) is 12.1 Å². The zero-order chi connectivity index (χ0) is 20.4. The van der Waals surface area contributed by atoms with Crippen molar-refractivity contribution in [3.63, 3.8) is 0 Å². The molecule has 7 nitrogen and oxygen atoms in total. The number of morpholine rings is 1. The number of carboxylic acid groups (broad SMARTS) is 1. The summed E-state index contributed by atoms with van der Waals surface area (Å²) in [5, 5.41) is 9.76. The van der Waals surface area contributed by atoms with Gasteiger partial charge in [0, 0.05) is 22.7 Å². The van der Waals surface area contributed by atoms with Crippen LogP contribution in [0.3, 0.4) is 0 Å². The van der Waals surface area contributed by atoms with Crippen molar-refractivity contribution in [2.75, 3.05) is 36.1 Å². The van der Waals surface area contributed by atoms with Gasteiger partial charge < -0.3 is 14.7 Å². The van der Waals surface area contributed by atoms with Crippen LogP contribution in [-0.4, -0.2) is 58.8 Å². The van der Waals surface area contributed by atoms with Crippen molar-refractivity contribution in [1.29, 1.82) is 0 Å². The number of imide groups is 1. The maximum Gasteiger partial charge on any atom is 0.337 e. The summed E-state index contributed by atoms with van der Waals surface area (Å²) in [6.45, 7) is 2.29. The van der Waals surface area contributed by atoms with Gasteiger partial charge in [0.1, 0.15) is 0 Å². The lowest BCUT2D eigenvalue weighted by atomic mass is 9.81. The third-order valence-corrected chi connectivity index (χ3v) is 10.0. The topological polar surface area (TPSA) is 87.2 Å². The number of hydrogen-bond donors (Lipinski definition) is 1. The van der Waals surface area contributed by atoms with Gasteiger partial charge in [0.2, 0.25) is 11.8 Å². The number of alkyl halides is 2. The van der Waals surface area contributed by atoms with Crippen LogP contribution in [0.25, 0.3) is 0 Å². The highest BCUT2D eigenvalue weighted by molar-refractivity contribution is 9.12. The Balaban J connectivity index is 1.50. The summed E-state index contributed by atoms with van der Waals surface area (Å²) in [7, 11) is 0. The maximum absolute atomic E-state index is 13.2. The fourth-order valence-corrected chi connectivity index (χ4v) is 7.39. The minimum absolute atomic E-state index is 0.0989. The summed E-state index contributed by atoms with van der Waals surface area (Å²) >= 11 is 7.37. The van der Waals surface area contributed by atoms with Crippen molar-refractivity contribution >= 4 is 61.0 Å². The highest BCUT2D eigenvalue weighted by atomic mass is 79.9. The number of benzene rings is 1. The maximum atomic E-state index is 13.2. The Morgan fingerprint density at radius 2 is 1.62 bits per heavy atom. The van der Waals surface area contributed by atoms with Gasteiger partial charge in [-0.05, 0) is 36.5 Å². The Kier molecular flexibility index (Phi) is 4.75. The minimum atomic E-state index is -1.08. The average molecular weight is 528 g/mol. The number of carbonyl (C=O) groups excluding carboxylic acids is 2. The number of amides is 2. The SMILES string of the molecule is O=C(O)c1cc(N2C(=O)[C@@H]3[C@H]4C[C@@H]([C@H](Br)[C@H]4Br)[C@@H]3C2=O)ccc1N1CCOCC1. The number of carboxylic acids is 1. The van der Waals surface area contributed by atoms with Gasteiger partial charge in [-0.1, -0.05) is 31.9 Å². The molecule has 2 saturated carbocycles. The van der Waals surface area contributed by atoms with E-state index in [9.17, 15) is 19.5 Å². The Morgan fingerprint density at radius 3 is 2.17 bits per heavy atom. The molecule has 1 N–H and O–H groups in total. The molecule has 4 fully saturated rings. The molecule has 2 saturated heterocycles. The molecular weight excluding hydrogens is 508 g/mol. The van der Waals surface area contributed by atoms with Gasteiger partial charge in [-0.2, -0.15) is 0 Å². The Hall–Kier alpha value is -1.45. The zero-order valence-corrected chi connectivity index (χ0v) is 18.6. The van der Waals surface area contributed by atoms with Crippen molar-refractivity contribution in [3.8, 4) is 0 Å². The smallest absolute Gasteiger partial charge is 0.337 e. The molecule has 2 aliphatic heterocycles. The van der Waals surface area contributed by atoms with Crippen LogP contribution < -0.4 is 9.80 Å². The molecule has 4 aliphatic rings. The van der Waals surface area contributed by atoms with Crippen molar-refractivity contribution in [2.24, 2.45) is 23.7 Å². The molecule has 2 aliphatic carbocycles. The molecule has 5 rings (SSSR count). The van der Waals surface area contributed by atoms with Crippen molar-refractivity contribution in [2.45, 2.75) is 16.1 Å². The summed E-state index contributed by atoms with van der Waals surface area (Å²) < 4.78 is 5.35. The fourth-order valence-electron chi connectivity index (χ4n) is 5.52. The summed E-state index contributed by atoms with van der Waals surface area (Å²) in [6, 6.07) is 4.85. The number of aromatic carboxylic acids is 1. The number of rotatable bonds is 3. The molecule has 2 amide bonds. The first-order valence-corrected chi connectivity index (χ1v) is 11.6. The van der Waals surface area contributed by atoms with Crippen LogP contribution in [-0.2, 0) is 14.3 Å². The van der Waals surface area contributed by atoms with Gasteiger partial charge in [-0.25, -0.2) is 4.79 Å². The molecule has 0 aromatic heterocycles. The Labute approximate surface area is 184 Å². The molecule has 0 radical (unpaired) electrons. The van der Waals surface area contributed by atoms with Crippen LogP contribution >= 0.6 is 31.9 Å². The van der Waals surface area contributed by atoms with Crippen molar-refractivity contribution < 1.29 is 24.2 Å². The quantitative estimate of drug-likeness (QED) is 0.480. The van der Waals surface area contributed by atoms with Crippen LogP contribution in [0.4, 0.5) is 11.4 Å². The van der Waals surface area contributed by atoms with Crippen LogP contribution in [0.2, 0.25) is 0 Å². The van der Waals surface area contributed by atoms with E-state index >= 15 is 0 Å². The van der Waals surface area contributed by atoms with E-state index in [0.717, 1.165) is 6.42 Å². The van der Waals surface area contributed by atoms with E-state index in [1.807, 2.05) is 4.90 Å². The molecule has 1 aromatic rings. The van der Waals surface area contributed by atoms with E-state index in [0.29, 0.717) is 37.7 Å². The molecule has 0 spiro atoms. The highest BCUT2D eigenvalue weighted by Crippen LogP contribution is 2.60. The van der Waals surface area contributed by atoms with Crippen LogP contribution in [0.15, 0.2) is 18.2 Å². The summed E-state index contributed by atoms with van der Waals surface area (Å²) in [5.74, 6) is -1.87. The average Bonchev–Trinajstić information content (AvgIpc) is 3.33. The molecule has 9 heteroatoms. The first-order valence-electron chi connectivity index (χ1n) is 9.76. The number of halogens is 2. The second-order valence-corrected chi connectivity index (χ2v) is 10.2. The normalized spacial score (nSPS) is 36.1. The number of anilines is 2. The summed E-state index contributed by atoms with van der Waals surface area (Å²) in [4.78, 5) is 41.9. The summed E-state index contributed by atoms with van der Waals surface area (Å²) in [5.41, 5.74) is 1.03. The predicted molar refractivity (Wildman–Crippen MR) is 113 cm³/mol. The lowest BCUT2D eigenvalue weighted by Crippen LogP contribution is -2.37. The molecule has 2 heterocycles. The van der Waals surface area contributed by atoms with Crippen LogP contribution in [0.1, 0.15) is 16.8 Å². The van der Waals surface area contributed by atoms with Crippen LogP contribution in [0, 0.1) is 23.7 Å². The standard InChI is InChI=1S/C20H20Br2N2O5/c21-16-11-8-12(17(16)22)15-14(11)18(25)24(19(15)26)9-1-2-13(10(7-9)20(27)28)23-3-5-29-6-4-23/h1-2,7,11-12,14-17H,3-6,8H2,(H,27,28)/t11-,12-,14-,15+,16+,17+/m1/s1.